The first-order valence-corrected chi connectivity index (χ1v) is 17.4. The molecule has 0 aliphatic heterocycles. The maximum absolute atomic E-state index is 14.2. The summed E-state index contributed by atoms with van der Waals surface area (Å²) in [4.78, 5) is 26.3. The molecule has 0 radical (unpaired) electrons. The van der Waals surface area contributed by atoms with Gasteiger partial charge >= 0.3 is 11.9 Å². The van der Waals surface area contributed by atoms with Crippen molar-refractivity contribution in [1.29, 1.82) is 0 Å². The minimum atomic E-state index is -0.504. The molecule has 5 aliphatic rings. The highest BCUT2D eigenvalue weighted by molar-refractivity contribution is 5.78. The Morgan fingerprint density at radius 3 is 2.27 bits per heavy atom. The molecule has 6 rings (SSSR count). The van der Waals surface area contributed by atoms with E-state index in [0.29, 0.717) is 24.4 Å². The highest BCUT2D eigenvalue weighted by atomic mass is 16.5. The molecule has 10 atom stereocenters. The Hall–Kier alpha value is -2.14. The quantitative estimate of drug-likeness (QED) is 0.261. The molecule has 44 heavy (non-hydrogen) atoms. The summed E-state index contributed by atoms with van der Waals surface area (Å²) in [5.41, 5.74) is 1.78. The van der Waals surface area contributed by atoms with E-state index in [9.17, 15) is 14.7 Å². The zero-order valence-corrected chi connectivity index (χ0v) is 28.1. The van der Waals surface area contributed by atoms with Crippen LogP contribution in [0.15, 0.2) is 42.5 Å². The molecule has 1 aromatic rings. The Labute approximate surface area is 265 Å². The number of hydrogen-bond acceptors (Lipinski definition) is 5. The molecule has 0 amide bonds. The second-order valence-electron chi connectivity index (χ2n) is 16.8. The van der Waals surface area contributed by atoms with Crippen LogP contribution in [0.5, 0.6) is 0 Å². The van der Waals surface area contributed by atoms with Gasteiger partial charge in [0.05, 0.1) is 12.0 Å². The molecule has 1 aromatic carbocycles. The van der Waals surface area contributed by atoms with Gasteiger partial charge in [-0.1, -0.05) is 71.5 Å². The van der Waals surface area contributed by atoms with E-state index in [1.54, 1.807) is 6.92 Å². The molecular weight excluding hydrogens is 548 g/mol. The number of carbonyl (C=O) groups excluding carboxylic acids is 2. The van der Waals surface area contributed by atoms with Crippen molar-refractivity contribution in [1.82, 2.24) is 0 Å². The average Bonchev–Trinajstić information content (AvgIpc) is 3.39. The van der Waals surface area contributed by atoms with Crippen LogP contribution in [0.2, 0.25) is 0 Å². The van der Waals surface area contributed by atoms with Crippen LogP contribution < -0.4 is 0 Å². The molecule has 5 aliphatic carbocycles. The summed E-state index contributed by atoms with van der Waals surface area (Å²) in [6.45, 7) is 18.6. The zero-order chi connectivity index (χ0) is 31.7. The smallest absolute Gasteiger partial charge is 0.312 e. The lowest BCUT2D eigenvalue weighted by atomic mass is 9.32. The Morgan fingerprint density at radius 1 is 0.864 bits per heavy atom. The summed E-state index contributed by atoms with van der Waals surface area (Å²) in [5.74, 6) is 1.60. The number of rotatable bonds is 6. The minimum absolute atomic E-state index is 0.0159. The SMILES string of the molecule is C=C(CO)[C@@H]1CC[C@]2(C(=O)OCc3ccccc3)CC[C@]3(C)C(CCC4[C@@]5(C)CC[C@@H](OC(C)=O)C(C)(C)C5CC[C@]43C)C12. The number of esters is 2. The Kier molecular flexibility index (Phi) is 7.95. The molecule has 0 saturated heterocycles. The van der Waals surface area contributed by atoms with Crippen LogP contribution in [0.1, 0.15) is 111 Å². The molecule has 5 heteroatoms. The molecule has 242 valence electrons. The van der Waals surface area contributed by atoms with E-state index >= 15 is 0 Å². The fourth-order valence-electron chi connectivity index (χ4n) is 12.8. The van der Waals surface area contributed by atoms with Gasteiger partial charge in [0.1, 0.15) is 12.7 Å². The topological polar surface area (TPSA) is 72.8 Å². The van der Waals surface area contributed by atoms with Gasteiger partial charge in [0.2, 0.25) is 0 Å². The van der Waals surface area contributed by atoms with Gasteiger partial charge in [0.15, 0.2) is 0 Å². The Balaban J connectivity index is 1.32. The van der Waals surface area contributed by atoms with E-state index in [1.165, 1.54) is 12.8 Å². The number of aliphatic hydroxyl groups excluding tert-OH is 1. The van der Waals surface area contributed by atoms with Gasteiger partial charge in [-0.2, -0.15) is 0 Å². The molecule has 1 N–H and O–H groups in total. The van der Waals surface area contributed by atoms with Crippen molar-refractivity contribution < 1.29 is 24.2 Å². The van der Waals surface area contributed by atoms with Crippen molar-refractivity contribution in [3.05, 3.63) is 48.0 Å². The monoisotopic (exact) mass is 604 g/mol. The van der Waals surface area contributed by atoms with Gasteiger partial charge in [0.25, 0.3) is 0 Å². The van der Waals surface area contributed by atoms with Crippen LogP contribution in [0.25, 0.3) is 0 Å². The number of carbonyl (C=O) groups is 2. The minimum Gasteiger partial charge on any atom is -0.462 e. The highest BCUT2D eigenvalue weighted by Crippen LogP contribution is 2.77. The molecule has 5 fully saturated rings. The second kappa shape index (κ2) is 11.0. The van der Waals surface area contributed by atoms with Crippen molar-refractivity contribution >= 4 is 11.9 Å². The van der Waals surface area contributed by atoms with Crippen LogP contribution in [-0.2, 0) is 25.7 Å². The first kappa shape index (κ1) is 31.8. The molecular formula is C39H56O5. The predicted octanol–water partition coefficient (Wildman–Crippen LogP) is 8.29. The van der Waals surface area contributed by atoms with E-state index in [0.717, 1.165) is 62.5 Å². The third-order valence-electron chi connectivity index (χ3n) is 15.0. The van der Waals surface area contributed by atoms with Crippen molar-refractivity contribution in [3.8, 4) is 0 Å². The van der Waals surface area contributed by atoms with Gasteiger partial charge in [-0.15, -0.1) is 0 Å². The summed E-state index contributed by atoms with van der Waals surface area (Å²) in [6.07, 6.45) is 10.3. The normalized spacial score (nSPS) is 43.9. The number of hydrogen-bond donors (Lipinski definition) is 1. The zero-order valence-electron chi connectivity index (χ0n) is 28.1. The number of aliphatic hydroxyl groups is 1. The van der Waals surface area contributed by atoms with Gasteiger partial charge in [-0.3, -0.25) is 9.59 Å². The van der Waals surface area contributed by atoms with Gasteiger partial charge in [0, 0.05) is 12.3 Å². The maximum Gasteiger partial charge on any atom is 0.312 e. The molecule has 5 saturated carbocycles. The first-order chi connectivity index (χ1) is 20.7. The van der Waals surface area contributed by atoms with Crippen LogP contribution in [0.3, 0.4) is 0 Å². The van der Waals surface area contributed by atoms with Crippen molar-refractivity contribution in [2.24, 2.45) is 56.7 Å². The van der Waals surface area contributed by atoms with Gasteiger partial charge < -0.3 is 14.6 Å². The predicted molar refractivity (Wildman–Crippen MR) is 172 cm³/mol. The number of fused-ring (bicyclic) bond motifs is 7. The third kappa shape index (κ3) is 4.48. The van der Waals surface area contributed by atoms with Gasteiger partial charge in [-0.25, -0.2) is 0 Å². The van der Waals surface area contributed by atoms with E-state index in [-0.39, 0.29) is 58.1 Å². The largest absolute Gasteiger partial charge is 0.462 e. The van der Waals surface area contributed by atoms with Crippen molar-refractivity contribution in [2.75, 3.05) is 6.61 Å². The number of benzene rings is 1. The Morgan fingerprint density at radius 2 is 1.59 bits per heavy atom. The fourth-order valence-corrected chi connectivity index (χ4v) is 12.8. The molecule has 0 heterocycles. The average molecular weight is 605 g/mol. The van der Waals surface area contributed by atoms with E-state index in [1.807, 2.05) is 30.3 Å². The standard InChI is InChI=1S/C39H56O5/c1-25(23-40)28-15-20-39(34(42)43-24-27-11-9-8-10-12-27)22-21-37(6)29(33(28)39)13-14-31-36(5)18-17-32(44-26(2)41)35(3,4)30(36)16-19-38(31,37)7/h8-12,28-33,40H,1,13-24H2,2-7H3/t28-,29?,30?,31?,32+,33?,36-,37+,38+,39-/m0/s1. The lowest BCUT2D eigenvalue weighted by Crippen LogP contribution is -2.67. The summed E-state index contributed by atoms with van der Waals surface area (Å²) in [5, 5.41) is 10.3. The highest BCUT2D eigenvalue weighted by Gasteiger charge is 2.72. The lowest BCUT2D eigenvalue weighted by molar-refractivity contribution is -0.251. The van der Waals surface area contributed by atoms with Crippen LogP contribution >= 0.6 is 0 Å². The molecule has 0 aromatic heterocycles. The van der Waals surface area contributed by atoms with Crippen LogP contribution in [-0.4, -0.2) is 29.8 Å². The third-order valence-corrected chi connectivity index (χ3v) is 15.0. The summed E-state index contributed by atoms with van der Waals surface area (Å²) in [7, 11) is 0. The fraction of sp³-hybridized carbons (Fsp3) is 0.744. The summed E-state index contributed by atoms with van der Waals surface area (Å²) >= 11 is 0. The molecule has 0 bridgehead atoms. The molecule has 4 unspecified atom stereocenters. The number of ether oxygens (including phenoxy) is 2. The summed E-state index contributed by atoms with van der Waals surface area (Å²) < 4.78 is 12.1. The van der Waals surface area contributed by atoms with Crippen LogP contribution in [0.4, 0.5) is 0 Å². The van der Waals surface area contributed by atoms with E-state index < -0.39 is 5.41 Å². The van der Waals surface area contributed by atoms with E-state index in [2.05, 4.69) is 41.2 Å². The van der Waals surface area contributed by atoms with Gasteiger partial charge in [-0.05, 0) is 121 Å². The van der Waals surface area contributed by atoms with E-state index in [4.69, 9.17) is 9.47 Å². The molecule has 0 spiro atoms. The van der Waals surface area contributed by atoms with Crippen molar-refractivity contribution in [3.63, 3.8) is 0 Å². The molecule has 5 nitrogen and oxygen atoms in total. The first-order valence-electron chi connectivity index (χ1n) is 17.4. The van der Waals surface area contributed by atoms with Crippen molar-refractivity contribution in [2.45, 2.75) is 118 Å². The van der Waals surface area contributed by atoms with Crippen LogP contribution in [0, 0.1) is 56.7 Å². The Bertz CT molecular complexity index is 1290. The summed E-state index contributed by atoms with van der Waals surface area (Å²) in [6, 6.07) is 10.0. The second-order valence-corrected chi connectivity index (χ2v) is 16.8. The maximum atomic E-state index is 14.2. The lowest BCUT2D eigenvalue weighted by Gasteiger charge is -2.72.